The Morgan fingerprint density at radius 1 is 1.40 bits per heavy atom. The Morgan fingerprint density at radius 3 is 2.40 bits per heavy atom. The van der Waals surface area contributed by atoms with Crippen LogP contribution in [0, 0.1) is 5.82 Å². The number of hydrogen-bond donors (Lipinski definition) is 1. The molecule has 15 heavy (non-hydrogen) atoms. The number of hydrogen-bond acceptors (Lipinski definition) is 1. The molecule has 0 aliphatic carbocycles. The number of carbonyl (C=O) groups is 1. The topological polar surface area (TPSA) is 29.1 Å². The highest BCUT2D eigenvalue weighted by molar-refractivity contribution is 9.18. The zero-order valence-corrected chi connectivity index (χ0v) is 10.3. The molecule has 1 N–H and O–H groups in total. The van der Waals surface area contributed by atoms with Crippen LogP contribution >= 0.6 is 15.9 Å². The molecule has 0 bridgehead atoms. The lowest BCUT2D eigenvalue weighted by Gasteiger charge is -2.25. The number of benzene rings is 1. The predicted molar refractivity (Wildman–Crippen MR) is 61.8 cm³/mol. The van der Waals surface area contributed by atoms with Crippen molar-refractivity contribution in [3.05, 3.63) is 35.6 Å². The highest BCUT2D eigenvalue weighted by Gasteiger charge is 2.20. The van der Waals surface area contributed by atoms with Crippen molar-refractivity contribution >= 4 is 20.7 Å². The number of nitrogens with one attached hydrogen (secondary N) is 1. The van der Waals surface area contributed by atoms with Crippen LogP contribution < -0.4 is 5.32 Å². The zero-order valence-electron chi connectivity index (χ0n) is 8.68. The van der Waals surface area contributed by atoms with Gasteiger partial charge in [-0.1, -0.05) is 26.0 Å². The van der Waals surface area contributed by atoms with Crippen LogP contribution in [0.3, 0.4) is 0 Å². The molecule has 4 heteroatoms. The Hall–Kier alpha value is -0.900. The van der Waals surface area contributed by atoms with Crippen molar-refractivity contribution in [1.82, 2.24) is 5.32 Å². The second-order valence-electron chi connectivity index (χ2n) is 4.02. The molecule has 1 aromatic carbocycles. The van der Waals surface area contributed by atoms with Gasteiger partial charge in [0.05, 0.1) is 0 Å². The summed E-state index contributed by atoms with van der Waals surface area (Å²) in [6.07, 6.45) is 0. The van der Waals surface area contributed by atoms with E-state index in [0.717, 1.165) is 5.56 Å². The third-order valence-corrected chi connectivity index (χ3v) is 2.58. The monoisotopic (exact) mass is 273 g/mol. The van der Waals surface area contributed by atoms with Gasteiger partial charge in [0.15, 0.2) is 0 Å². The van der Waals surface area contributed by atoms with Gasteiger partial charge in [-0.05, 0) is 17.7 Å². The fourth-order valence-corrected chi connectivity index (χ4v) is 1.43. The summed E-state index contributed by atoms with van der Waals surface area (Å²) >= 11 is 2.80. The van der Waals surface area contributed by atoms with E-state index in [4.69, 9.17) is 0 Å². The second-order valence-corrected chi connectivity index (χ2v) is 4.74. The molecular formula is C11H13BrFNO. The molecule has 0 radical (unpaired) electrons. The van der Waals surface area contributed by atoms with Gasteiger partial charge in [0.2, 0.25) is 0 Å². The Morgan fingerprint density at radius 2 is 1.93 bits per heavy atom. The average molecular weight is 274 g/mol. The van der Waals surface area contributed by atoms with Gasteiger partial charge in [0.25, 0.3) is 4.82 Å². The third-order valence-electron chi connectivity index (χ3n) is 2.30. The molecule has 0 heterocycles. The van der Waals surface area contributed by atoms with Crippen LogP contribution in [-0.4, -0.2) is 11.4 Å². The van der Waals surface area contributed by atoms with Crippen LogP contribution in [0.1, 0.15) is 19.4 Å². The molecule has 2 nitrogen and oxygen atoms in total. The largest absolute Gasteiger partial charge is 0.346 e. The Labute approximate surface area is 97.0 Å². The summed E-state index contributed by atoms with van der Waals surface area (Å²) < 4.78 is 12.7. The average Bonchev–Trinajstić information content (AvgIpc) is 2.16. The van der Waals surface area contributed by atoms with Crippen LogP contribution in [0.15, 0.2) is 24.3 Å². The first kappa shape index (κ1) is 12.2. The lowest BCUT2D eigenvalue weighted by Crippen LogP contribution is -2.34. The summed E-state index contributed by atoms with van der Waals surface area (Å²) in [5, 5.41) is 2.68. The van der Waals surface area contributed by atoms with Crippen molar-refractivity contribution in [2.45, 2.75) is 19.3 Å². The lowest BCUT2D eigenvalue weighted by molar-refractivity contribution is 0.259. The smallest absolute Gasteiger partial charge is 0.287 e. The van der Waals surface area contributed by atoms with Crippen LogP contribution in [0.5, 0.6) is 0 Å². The molecule has 0 saturated carbocycles. The van der Waals surface area contributed by atoms with Crippen LogP contribution in [0.2, 0.25) is 0 Å². The first-order valence-electron chi connectivity index (χ1n) is 4.61. The Bertz CT molecular complexity index is 348. The molecule has 0 aliphatic rings. The summed E-state index contributed by atoms with van der Waals surface area (Å²) in [5.74, 6) is -0.251. The minimum absolute atomic E-state index is 0.211. The van der Waals surface area contributed by atoms with Gasteiger partial charge in [-0.15, -0.1) is 0 Å². The van der Waals surface area contributed by atoms with Gasteiger partial charge < -0.3 is 5.32 Å². The van der Waals surface area contributed by atoms with E-state index in [0.29, 0.717) is 6.54 Å². The Kier molecular flexibility index (Phi) is 3.85. The van der Waals surface area contributed by atoms with Gasteiger partial charge in [-0.3, -0.25) is 4.79 Å². The minimum Gasteiger partial charge on any atom is -0.346 e. The van der Waals surface area contributed by atoms with Gasteiger partial charge in [0.1, 0.15) is 5.82 Å². The quantitative estimate of drug-likeness (QED) is 0.665. The molecular weight excluding hydrogens is 261 g/mol. The van der Waals surface area contributed by atoms with E-state index >= 15 is 0 Å². The van der Waals surface area contributed by atoms with E-state index in [9.17, 15) is 9.18 Å². The van der Waals surface area contributed by atoms with Gasteiger partial charge >= 0.3 is 0 Å². The molecule has 1 aromatic rings. The Balaban J connectivity index is 2.76. The first-order valence-corrected chi connectivity index (χ1v) is 5.40. The molecule has 0 atom stereocenters. The molecule has 0 saturated heterocycles. The first-order chi connectivity index (χ1) is 6.92. The molecule has 0 aliphatic heterocycles. The van der Waals surface area contributed by atoms with Crippen molar-refractivity contribution in [1.29, 1.82) is 0 Å². The van der Waals surface area contributed by atoms with Crippen LogP contribution in [0.25, 0.3) is 0 Å². The van der Waals surface area contributed by atoms with Crippen molar-refractivity contribution in [2.24, 2.45) is 0 Å². The molecule has 0 unspecified atom stereocenters. The van der Waals surface area contributed by atoms with Crippen LogP contribution in [0.4, 0.5) is 9.18 Å². The van der Waals surface area contributed by atoms with Crippen molar-refractivity contribution in [3.63, 3.8) is 0 Å². The van der Waals surface area contributed by atoms with Gasteiger partial charge in [-0.25, -0.2) is 4.39 Å². The van der Waals surface area contributed by atoms with E-state index < -0.39 is 0 Å². The van der Waals surface area contributed by atoms with E-state index in [1.165, 1.54) is 12.1 Å². The van der Waals surface area contributed by atoms with E-state index in [1.807, 2.05) is 13.8 Å². The normalized spacial score (nSPS) is 11.2. The summed E-state index contributed by atoms with van der Waals surface area (Å²) in [7, 11) is 0. The maximum atomic E-state index is 12.7. The molecule has 1 amide bonds. The standard InChI is InChI=1S/C11H13BrFNO/c1-11(2,7-14-10(12)15)8-3-5-9(13)6-4-8/h3-6H,7H2,1-2H3,(H,14,15). The van der Waals surface area contributed by atoms with Crippen molar-refractivity contribution < 1.29 is 9.18 Å². The maximum Gasteiger partial charge on any atom is 0.287 e. The number of carbonyl (C=O) groups excluding carboxylic acids is 1. The van der Waals surface area contributed by atoms with Crippen LogP contribution in [-0.2, 0) is 5.41 Å². The highest BCUT2D eigenvalue weighted by atomic mass is 79.9. The number of amides is 1. The fraction of sp³-hybridized carbons (Fsp3) is 0.364. The summed E-state index contributed by atoms with van der Waals surface area (Å²) in [6.45, 7) is 4.48. The summed E-state index contributed by atoms with van der Waals surface area (Å²) in [6, 6.07) is 6.31. The van der Waals surface area contributed by atoms with Crippen molar-refractivity contribution in [2.75, 3.05) is 6.54 Å². The zero-order chi connectivity index (χ0) is 11.5. The predicted octanol–water partition coefficient (Wildman–Crippen LogP) is 3.21. The number of rotatable bonds is 3. The SMILES string of the molecule is CC(C)(CNC(=O)Br)c1ccc(F)cc1. The van der Waals surface area contributed by atoms with E-state index in [2.05, 4.69) is 21.2 Å². The highest BCUT2D eigenvalue weighted by Crippen LogP contribution is 2.22. The maximum absolute atomic E-state index is 12.7. The summed E-state index contributed by atoms with van der Waals surface area (Å²) in [4.78, 5) is 10.5. The summed E-state index contributed by atoms with van der Waals surface area (Å²) in [5.41, 5.74) is 0.780. The molecule has 0 spiro atoms. The molecule has 0 aromatic heterocycles. The van der Waals surface area contributed by atoms with E-state index in [1.54, 1.807) is 12.1 Å². The molecule has 1 rings (SSSR count). The second kappa shape index (κ2) is 4.75. The van der Waals surface area contributed by atoms with Crippen molar-refractivity contribution in [3.8, 4) is 0 Å². The fourth-order valence-electron chi connectivity index (χ4n) is 1.29. The number of halogens is 2. The minimum atomic E-state index is -0.251. The molecule has 82 valence electrons. The van der Waals surface area contributed by atoms with Gasteiger partial charge in [-0.2, -0.15) is 0 Å². The third kappa shape index (κ3) is 3.63. The van der Waals surface area contributed by atoms with E-state index in [-0.39, 0.29) is 16.0 Å². The lowest BCUT2D eigenvalue weighted by atomic mass is 9.85. The molecule has 0 fully saturated rings. The van der Waals surface area contributed by atoms with Gasteiger partial charge in [0, 0.05) is 27.9 Å².